The van der Waals surface area contributed by atoms with Crippen LogP contribution in [-0.2, 0) is 6.42 Å². The molecule has 5 heteroatoms. The second kappa shape index (κ2) is 11.5. The number of nitrogens with zero attached hydrogens (tertiary/aromatic N) is 4. The summed E-state index contributed by atoms with van der Waals surface area (Å²) in [4.78, 5) is 12.0. The summed E-state index contributed by atoms with van der Waals surface area (Å²) in [5, 5.41) is 4.61. The monoisotopic (exact) mass is 680 g/mol. The Kier molecular flexibility index (Phi) is 6.46. The van der Waals surface area contributed by atoms with Crippen molar-refractivity contribution in [2.45, 2.75) is 13.3 Å². The van der Waals surface area contributed by atoms with Crippen LogP contribution in [0.15, 0.2) is 168 Å². The van der Waals surface area contributed by atoms with E-state index in [0.717, 1.165) is 79.1 Å². The van der Waals surface area contributed by atoms with Gasteiger partial charge in [0.15, 0.2) is 0 Å². The molecule has 0 unspecified atom stereocenters. The van der Waals surface area contributed by atoms with Crippen molar-refractivity contribution in [2.24, 2.45) is 0 Å². The highest BCUT2D eigenvalue weighted by molar-refractivity contribution is 6.18. The van der Waals surface area contributed by atoms with Crippen molar-refractivity contribution in [1.82, 2.24) is 14.5 Å². The van der Waals surface area contributed by atoms with Crippen LogP contribution in [0.25, 0.3) is 71.9 Å². The van der Waals surface area contributed by atoms with Crippen LogP contribution in [0.3, 0.4) is 0 Å². The van der Waals surface area contributed by atoms with E-state index in [1.54, 1.807) is 0 Å². The van der Waals surface area contributed by atoms with Gasteiger partial charge in [0.05, 0.1) is 16.7 Å². The third-order valence-electron chi connectivity index (χ3n) is 10.7. The number of para-hydroxylation sites is 1. The van der Waals surface area contributed by atoms with Gasteiger partial charge in [0.1, 0.15) is 17.0 Å². The van der Waals surface area contributed by atoms with Gasteiger partial charge in [0.2, 0.25) is 0 Å². The maximum Gasteiger partial charge on any atom is 0.144 e. The molecule has 11 rings (SSSR count). The Morgan fingerprint density at radius 1 is 0.566 bits per heavy atom. The van der Waals surface area contributed by atoms with Gasteiger partial charge in [-0.1, -0.05) is 78.9 Å². The molecule has 0 bridgehead atoms. The number of fused-ring (bicyclic) bond motifs is 10. The Balaban J connectivity index is 1.21. The smallest absolute Gasteiger partial charge is 0.144 e. The largest absolute Gasteiger partial charge is 0.455 e. The molecular formula is C48H32N4O. The summed E-state index contributed by atoms with van der Waals surface area (Å²) in [7, 11) is 0. The molecule has 0 radical (unpaired) electrons. The summed E-state index contributed by atoms with van der Waals surface area (Å²) >= 11 is 0. The first-order valence-corrected chi connectivity index (χ1v) is 18.0. The Morgan fingerprint density at radius 2 is 1.38 bits per heavy atom. The highest BCUT2D eigenvalue weighted by Gasteiger charge is 2.26. The maximum atomic E-state index is 6.61. The SMILES string of the molecule is Cc1ccc2c(c1)oc1c(-c3ccccn3)cc(N(c3ccccc3)c3ccc4c5c6c(ccc5n(-c5ccccn5)c4c3)Cc3ccccc3-6)cc12. The molecule has 0 N–H and O–H groups in total. The quantitative estimate of drug-likeness (QED) is 0.182. The summed E-state index contributed by atoms with van der Waals surface area (Å²) in [6.07, 6.45) is 4.66. The molecule has 5 nitrogen and oxygen atoms in total. The molecule has 0 fully saturated rings. The van der Waals surface area contributed by atoms with Gasteiger partial charge in [-0.25, -0.2) is 4.98 Å². The molecule has 0 atom stereocenters. The average Bonchev–Trinajstić information content (AvgIpc) is 3.87. The highest BCUT2D eigenvalue weighted by Crippen LogP contribution is 2.48. The maximum absolute atomic E-state index is 6.61. The van der Waals surface area contributed by atoms with Crippen molar-refractivity contribution < 1.29 is 4.42 Å². The molecule has 53 heavy (non-hydrogen) atoms. The number of rotatable bonds is 5. The molecule has 1 aliphatic rings. The predicted octanol–water partition coefficient (Wildman–Crippen LogP) is 12.5. The third-order valence-corrected chi connectivity index (χ3v) is 10.7. The standard InChI is InChI=1S/C48H32N4O/c1-30-17-20-37-39-27-35(28-40(41-15-7-9-23-49-41)48(39)53-44(37)25-30)51(33-12-3-2-4-13-33)34-19-21-38-43(29-34)52(45-16-8-10-24-50-45)42-22-18-32-26-31-11-5-6-14-36(31)46(32)47(38)42/h2-25,27-29H,26H2,1H3. The van der Waals surface area contributed by atoms with Crippen LogP contribution in [0.5, 0.6) is 0 Å². The summed E-state index contributed by atoms with van der Waals surface area (Å²) in [5.74, 6) is 0.890. The molecule has 0 spiro atoms. The molecule has 0 saturated heterocycles. The van der Waals surface area contributed by atoms with Gasteiger partial charge in [-0.05, 0) is 114 Å². The molecule has 6 aromatic carbocycles. The van der Waals surface area contributed by atoms with Crippen molar-refractivity contribution in [3.8, 4) is 28.2 Å². The molecule has 4 aromatic heterocycles. The second-order valence-electron chi connectivity index (χ2n) is 13.9. The van der Waals surface area contributed by atoms with Crippen molar-refractivity contribution in [3.63, 3.8) is 0 Å². The molecule has 0 saturated carbocycles. The Bertz CT molecular complexity index is 3040. The number of furan rings is 1. The summed E-state index contributed by atoms with van der Waals surface area (Å²) in [5.41, 5.74) is 15.4. The second-order valence-corrected chi connectivity index (χ2v) is 13.9. The van der Waals surface area contributed by atoms with Crippen LogP contribution < -0.4 is 4.90 Å². The van der Waals surface area contributed by atoms with Gasteiger partial charge in [-0.2, -0.15) is 0 Å². The molecule has 4 heterocycles. The zero-order valence-corrected chi connectivity index (χ0v) is 29.0. The number of benzene rings is 6. The summed E-state index contributed by atoms with van der Waals surface area (Å²) < 4.78 is 8.94. The fraction of sp³-hybridized carbons (Fsp3) is 0.0417. The first-order valence-electron chi connectivity index (χ1n) is 18.0. The van der Waals surface area contributed by atoms with Crippen LogP contribution >= 0.6 is 0 Å². The zero-order valence-electron chi connectivity index (χ0n) is 29.0. The summed E-state index contributed by atoms with van der Waals surface area (Å²) in [6.45, 7) is 2.10. The first-order chi connectivity index (χ1) is 26.2. The zero-order chi connectivity index (χ0) is 35.0. The lowest BCUT2D eigenvalue weighted by Gasteiger charge is -2.26. The van der Waals surface area contributed by atoms with Gasteiger partial charge in [0.25, 0.3) is 0 Å². The van der Waals surface area contributed by atoms with E-state index in [1.165, 1.54) is 33.0 Å². The minimum absolute atomic E-state index is 0.834. The Hall–Kier alpha value is -6.98. The van der Waals surface area contributed by atoms with Crippen LogP contribution in [0.4, 0.5) is 17.1 Å². The lowest BCUT2D eigenvalue weighted by atomic mass is 9.99. The van der Waals surface area contributed by atoms with Crippen molar-refractivity contribution in [1.29, 1.82) is 0 Å². The lowest BCUT2D eigenvalue weighted by molar-refractivity contribution is 0.669. The Morgan fingerprint density at radius 3 is 2.23 bits per heavy atom. The van der Waals surface area contributed by atoms with Gasteiger partial charge in [0, 0.05) is 56.6 Å². The van der Waals surface area contributed by atoms with E-state index in [4.69, 9.17) is 14.4 Å². The van der Waals surface area contributed by atoms with Gasteiger partial charge >= 0.3 is 0 Å². The Labute approximate surface area is 306 Å². The van der Waals surface area contributed by atoms with Crippen molar-refractivity contribution >= 4 is 60.8 Å². The van der Waals surface area contributed by atoms with Gasteiger partial charge in [-0.15, -0.1) is 0 Å². The van der Waals surface area contributed by atoms with E-state index in [-0.39, 0.29) is 0 Å². The van der Waals surface area contributed by atoms with E-state index >= 15 is 0 Å². The van der Waals surface area contributed by atoms with Crippen molar-refractivity contribution in [3.05, 3.63) is 181 Å². The van der Waals surface area contributed by atoms with Crippen molar-refractivity contribution in [2.75, 3.05) is 4.90 Å². The molecule has 10 aromatic rings. The predicted molar refractivity (Wildman–Crippen MR) is 217 cm³/mol. The number of aromatic nitrogens is 3. The topological polar surface area (TPSA) is 47.1 Å². The molecular weight excluding hydrogens is 649 g/mol. The van der Waals surface area contributed by atoms with Crippen LogP contribution in [0.1, 0.15) is 16.7 Å². The summed E-state index contributed by atoms with van der Waals surface area (Å²) in [6, 6.07) is 54.0. The minimum Gasteiger partial charge on any atom is -0.455 e. The van der Waals surface area contributed by atoms with E-state index in [1.807, 2.05) is 30.6 Å². The minimum atomic E-state index is 0.834. The number of pyridine rings is 2. The normalized spacial score (nSPS) is 12.2. The molecule has 0 aliphatic heterocycles. The number of anilines is 3. The lowest BCUT2D eigenvalue weighted by Crippen LogP contribution is -2.10. The number of hydrogen-bond acceptors (Lipinski definition) is 4. The van der Waals surface area contributed by atoms with E-state index < -0.39 is 0 Å². The third kappa shape index (κ3) is 4.57. The molecule has 1 aliphatic carbocycles. The average molecular weight is 681 g/mol. The van der Waals surface area contributed by atoms with Crippen LogP contribution in [-0.4, -0.2) is 14.5 Å². The highest BCUT2D eigenvalue weighted by atomic mass is 16.3. The molecule has 0 amide bonds. The van der Waals surface area contributed by atoms with Crippen LogP contribution in [0, 0.1) is 6.92 Å². The van der Waals surface area contributed by atoms with Crippen LogP contribution in [0.2, 0.25) is 0 Å². The number of aryl methyl sites for hydroxylation is 1. The molecule has 250 valence electrons. The van der Waals surface area contributed by atoms with Gasteiger partial charge < -0.3 is 9.32 Å². The first kappa shape index (κ1) is 29.7. The fourth-order valence-corrected chi connectivity index (χ4v) is 8.43. The van der Waals surface area contributed by atoms with E-state index in [0.29, 0.717) is 0 Å². The number of hydrogen-bond donors (Lipinski definition) is 0. The van der Waals surface area contributed by atoms with E-state index in [2.05, 4.69) is 150 Å². The van der Waals surface area contributed by atoms with E-state index in [9.17, 15) is 0 Å². The fourth-order valence-electron chi connectivity index (χ4n) is 8.43. The van der Waals surface area contributed by atoms with Gasteiger partial charge in [-0.3, -0.25) is 9.55 Å².